The van der Waals surface area contributed by atoms with Crippen LogP contribution in [0.1, 0.15) is 61.1 Å². The molecule has 2 heteroatoms. The number of anilines is 6. The zero-order chi connectivity index (χ0) is 55.2. The van der Waals surface area contributed by atoms with E-state index < -0.39 is 0 Å². The molecule has 0 fully saturated rings. The highest BCUT2D eigenvalue weighted by Crippen LogP contribution is 2.59. The first-order valence-electron chi connectivity index (χ1n) is 29.0. The molecular formula is C80H60N2. The van der Waals surface area contributed by atoms with Gasteiger partial charge in [-0.05, 0) is 212 Å². The average molecular weight is 1050 g/mol. The van der Waals surface area contributed by atoms with Gasteiger partial charge in [-0.25, -0.2) is 0 Å². The van der Waals surface area contributed by atoms with Crippen LogP contribution in [0.4, 0.5) is 34.1 Å². The van der Waals surface area contributed by atoms with Crippen molar-refractivity contribution in [1.29, 1.82) is 0 Å². The fraction of sp³-hybridized carbons (Fsp3) is 0.100. The van der Waals surface area contributed by atoms with E-state index in [1.165, 1.54) is 131 Å². The van der Waals surface area contributed by atoms with Crippen LogP contribution in [-0.2, 0) is 10.8 Å². The number of hydrogen-bond donors (Lipinski definition) is 0. The van der Waals surface area contributed by atoms with E-state index in [0.717, 1.165) is 34.1 Å². The first kappa shape index (κ1) is 48.2. The van der Waals surface area contributed by atoms with Crippen molar-refractivity contribution < 1.29 is 0 Å². The third kappa shape index (κ3) is 7.01. The molecule has 16 rings (SSSR count). The topological polar surface area (TPSA) is 6.48 Å². The Kier molecular flexibility index (Phi) is 10.5. The van der Waals surface area contributed by atoms with Gasteiger partial charge in [0.25, 0.3) is 0 Å². The standard InChI is InChI=1S/C80H60N2/c1-49-33-36-54(37-34-49)81(53-22-8-7-9-23-53)57-38-40-68-69(47-57)62-28-13-15-30-66(62)76-74-64-32-18-31-59(63(64)42-44-72(74)80(5,6)78(68)76)52-21-17-25-56(46-52)82(55-24-16-19-50(2)45-55)58-39-41-67-70(48-58)61-27-12-14-29-65(61)75-73-60-26-11-10-20-51(60)35-43-71(73)79(3,4)77(67)75/h7-48H,1-6H3. The summed E-state index contributed by atoms with van der Waals surface area (Å²) in [6.45, 7) is 14.1. The number of aryl methyl sites for hydroxylation is 2. The Bertz CT molecular complexity index is 5000. The molecule has 390 valence electrons. The van der Waals surface area contributed by atoms with Gasteiger partial charge >= 0.3 is 0 Å². The van der Waals surface area contributed by atoms with Crippen LogP contribution in [0.2, 0.25) is 0 Å². The maximum Gasteiger partial charge on any atom is 0.0468 e. The minimum absolute atomic E-state index is 0.197. The van der Waals surface area contributed by atoms with E-state index in [1.54, 1.807) is 0 Å². The molecule has 0 heterocycles. The van der Waals surface area contributed by atoms with Crippen molar-refractivity contribution in [3.05, 3.63) is 288 Å². The minimum Gasteiger partial charge on any atom is -0.310 e. The minimum atomic E-state index is -0.262. The number of fused-ring (bicyclic) bond motifs is 20. The molecule has 0 atom stereocenters. The van der Waals surface area contributed by atoms with Crippen molar-refractivity contribution in [1.82, 2.24) is 0 Å². The molecule has 0 aromatic heterocycles. The van der Waals surface area contributed by atoms with Gasteiger partial charge in [-0.3, -0.25) is 0 Å². The van der Waals surface area contributed by atoms with E-state index in [0.29, 0.717) is 0 Å². The van der Waals surface area contributed by atoms with E-state index >= 15 is 0 Å². The summed E-state index contributed by atoms with van der Waals surface area (Å²) in [5.74, 6) is 0. The highest BCUT2D eigenvalue weighted by atomic mass is 15.1. The first-order chi connectivity index (χ1) is 40.0. The zero-order valence-corrected chi connectivity index (χ0v) is 47.1. The van der Waals surface area contributed by atoms with Gasteiger partial charge in [-0.15, -0.1) is 0 Å². The smallest absolute Gasteiger partial charge is 0.0468 e. The number of hydrogen-bond acceptors (Lipinski definition) is 2. The van der Waals surface area contributed by atoms with Gasteiger partial charge in [0, 0.05) is 45.0 Å². The lowest BCUT2D eigenvalue weighted by atomic mass is 9.79. The fourth-order valence-electron chi connectivity index (χ4n) is 14.9. The van der Waals surface area contributed by atoms with Crippen LogP contribution >= 0.6 is 0 Å². The second kappa shape index (κ2) is 17.9. The molecule has 0 aliphatic heterocycles. The number of rotatable bonds is 7. The van der Waals surface area contributed by atoms with Gasteiger partial charge < -0.3 is 9.80 Å². The lowest BCUT2D eigenvalue weighted by molar-refractivity contribution is 0.667. The Hall–Kier alpha value is -9.76. The van der Waals surface area contributed by atoms with Crippen LogP contribution in [0.5, 0.6) is 0 Å². The predicted octanol–water partition coefficient (Wildman–Crippen LogP) is 22.4. The lowest BCUT2D eigenvalue weighted by Crippen LogP contribution is -2.16. The summed E-state index contributed by atoms with van der Waals surface area (Å²) in [7, 11) is 0. The van der Waals surface area contributed by atoms with Gasteiger partial charge in [0.05, 0.1) is 0 Å². The first-order valence-corrected chi connectivity index (χ1v) is 29.0. The van der Waals surface area contributed by atoms with Crippen LogP contribution < -0.4 is 9.80 Å². The lowest BCUT2D eigenvalue weighted by Gasteiger charge is -2.28. The van der Waals surface area contributed by atoms with E-state index in [2.05, 4.69) is 306 Å². The quantitative estimate of drug-likeness (QED) is 0.147. The second-order valence-corrected chi connectivity index (χ2v) is 24.1. The number of nitrogens with zero attached hydrogens (tertiary/aromatic N) is 2. The molecular weight excluding hydrogens is 989 g/mol. The molecule has 2 aliphatic carbocycles. The molecule has 0 unspecified atom stereocenters. The predicted molar refractivity (Wildman–Crippen MR) is 351 cm³/mol. The van der Waals surface area contributed by atoms with Crippen LogP contribution in [0.25, 0.3) is 98.0 Å². The molecule has 14 aromatic carbocycles. The molecule has 0 N–H and O–H groups in total. The van der Waals surface area contributed by atoms with Gasteiger partial charge in [0.15, 0.2) is 0 Å². The third-order valence-corrected chi connectivity index (χ3v) is 18.6. The monoisotopic (exact) mass is 1050 g/mol. The molecule has 0 radical (unpaired) electrons. The summed E-state index contributed by atoms with van der Waals surface area (Å²) in [6, 6.07) is 95.9. The second-order valence-electron chi connectivity index (χ2n) is 24.1. The highest BCUT2D eigenvalue weighted by Gasteiger charge is 2.41. The Morgan fingerprint density at radius 1 is 0.256 bits per heavy atom. The van der Waals surface area contributed by atoms with Gasteiger partial charge in [0.2, 0.25) is 0 Å². The summed E-state index contributed by atoms with van der Waals surface area (Å²) in [5.41, 5.74) is 22.2. The Morgan fingerprint density at radius 3 is 1.33 bits per heavy atom. The van der Waals surface area contributed by atoms with Crippen LogP contribution in [0.3, 0.4) is 0 Å². The van der Waals surface area contributed by atoms with Gasteiger partial charge in [-0.2, -0.15) is 0 Å². The molecule has 0 spiro atoms. The van der Waals surface area contributed by atoms with E-state index in [-0.39, 0.29) is 10.8 Å². The molecule has 0 saturated carbocycles. The average Bonchev–Trinajstić information content (AvgIpc) is 2.08. The summed E-state index contributed by atoms with van der Waals surface area (Å²) in [4.78, 5) is 4.86. The largest absolute Gasteiger partial charge is 0.310 e. The van der Waals surface area contributed by atoms with Crippen molar-refractivity contribution in [2.75, 3.05) is 9.80 Å². The van der Waals surface area contributed by atoms with E-state index in [1.807, 2.05) is 0 Å². The fourth-order valence-corrected chi connectivity index (χ4v) is 14.9. The van der Waals surface area contributed by atoms with E-state index in [9.17, 15) is 0 Å². The molecule has 14 aromatic rings. The summed E-state index contributed by atoms with van der Waals surface area (Å²) in [5, 5.41) is 15.4. The van der Waals surface area contributed by atoms with Crippen molar-refractivity contribution >= 4 is 98.8 Å². The molecule has 0 bridgehead atoms. The zero-order valence-electron chi connectivity index (χ0n) is 47.1. The number of benzene rings is 14. The third-order valence-electron chi connectivity index (χ3n) is 18.6. The van der Waals surface area contributed by atoms with Gasteiger partial charge in [-0.1, -0.05) is 215 Å². The van der Waals surface area contributed by atoms with Crippen molar-refractivity contribution in [3.8, 4) is 33.4 Å². The van der Waals surface area contributed by atoms with Crippen LogP contribution in [0, 0.1) is 13.8 Å². The van der Waals surface area contributed by atoms with Crippen molar-refractivity contribution in [2.45, 2.75) is 52.4 Å². The summed E-state index contributed by atoms with van der Waals surface area (Å²) in [6.07, 6.45) is 0. The highest BCUT2D eigenvalue weighted by molar-refractivity contribution is 6.24. The maximum absolute atomic E-state index is 2.47. The summed E-state index contributed by atoms with van der Waals surface area (Å²) >= 11 is 0. The Morgan fingerprint density at radius 2 is 0.695 bits per heavy atom. The number of para-hydroxylation sites is 1. The molecule has 82 heavy (non-hydrogen) atoms. The van der Waals surface area contributed by atoms with Crippen LogP contribution in [-0.4, -0.2) is 0 Å². The molecule has 0 amide bonds. The normalized spacial score (nSPS) is 13.7. The van der Waals surface area contributed by atoms with Crippen molar-refractivity contribution in [3.63, 3.8) is 0 Å². The van der Waals surface area contributed by atoms with Crippen molar-refractivity contribution in [2.24, 2.45) is 0 Å². The van der Waals surface area contributed by atoms with E-state index in [4.69, 9.17) is 0 Å². The van der Waals surface area contributed by atoms with Gasteiger partial charge in [0.1, 0.15) is 0 Å². The molecule has 0 saturated heterocycles. The Balaban J connectivity index is 0.856. The van der Waals surface area contributed by atoms with Crippen LogP contribution in [0.15, 0.2) is 255 Å². The summed E-state index contributed by atoms with van der Waals surface area (Å²) < 4.78 is 0. The Labute approximate surface area is 479 Å². The molecule has 2 nitrogen and oxygen atoms in total. The maximum atomic E-state index is 2.47. The molecule has 2 aliphatic rings. The SMILES string of the molecule is Cc1ccc(N(c2ccccc2)c2ccc3c4c(c5ccccc5c3c2)-c2c(ccc3c(-c5cccc(N(c6cccc(C)c6)c6ccc7c8c(c9ccccc9c7c6)-c6c(ccc7ccccc67)C8(C)C)c5)cccc23)C4(C)C)cc1.